The van der Waals surface area contributed by atoms with E-state index in [-0.39, 0.29) is 0 Å². The lowest BCUT2D eigenvalue weighted by atomic mass is 10.2. The first-order valence-corrected chi connectivity index (χ1v) is 5.58. The van der Waals surface area contributed by atoms with Gasteiger partial charge in [-0.1, -0.05) is 11.6 Å². The molecule has 0 aliphatic carbocycles. The first-order valence-electron chi connectivity index (χ1n) is 5.20. The van der Waals surface area contributed by atoms with Crippen molar-refractivity contribution in [3.8, 4) is 0 Å². The van der Waals surface area contributed by atoms with Crippen LogP contribution >= 0.6 is 11.6 Å². The van der Waals surface area contributed by atoms with Crippen LogP contribution in [0.2, 0.25) is 5.02 Å². The SMILES string of the molecule is Clc1ccc2nc(C3CCCN3)cn2c1. The number of imidazole rings is 1. The predicted molar refractivity (Wildman–Crippen MR) is 60.2 cm³/mol. The summed E-state index contributed by atoms with van der Waals surface area (Å²) in [6.45, 7) is 1.10. The highest BCUT2D eigenvalue weighted by Gasteiger charge is 2.18. The van der Waals surface area contributed by atoms with Gasteiger partial charge >= 0.3 is 0 Å². The summed E-state index contributed by atoms with van der Waals surface area (Å²) in [6, 6.07) is 4.24. The summed E-state index contributed by atoms with van der Waals surface area (Å²) < 4.78 is 1.98. The molecule has 0 spiro atoms. The number of rotatable bonds is 1. The number of nitrogens with one attached hydrogen (secondary N) is 1. The Labute approximate surface area is 93.1 Å². The van der Waals surface area contributed by atoms with Crippen molar-refractivity contribution in [2.75, 3.05) is 6.54 Å². The molecule has 3 heterocycles. The summed E-state index contributed by atoms with van der Waals surface area (Å²) >= 11 is 5.92. The lowest BCUT2D eigenvalue weighted by Crippen LogP contribution is -2.12. The fourth-order valence-corrected chi connectivity index (χ4v) is 2.26. The van der Waals surface area contributed by atoms with Crippen molar-refractivity contribution in [3.05, 3.63) is 35.2 Å². The van der Waals surface area contributed by atoms with Crippen molar-refractivity contribution in [3.63, 3.8) is 0 Å². The zero-order chi connectivity index (χ0) is 10.3. The number of hydrogen-bond donors (Lipinski definition) is 1. The highest BCUT2D eigenvalue weighted by Crippen LogP contribution is 2.23. The molecule has 2 aromatic rings. The van der Waals surface area contributed by atoms with Crippen molar-refractivity contribution in [1.29, 1.82) is 0 Å². The van der Waals surface area contributed by atoms with E-state index in [1.54, 1.807) is 0 Å². The van der Waals surface area contributed by atoms with Crippen LogP contribution < -0.4 is 5.32 Å². The third-order valence-corrected chi connectivity index (χ3v) is 3.07. The molecule has 1 aliphatic heterocycles. The summed E-state index contributed by atoms with van der Waals surface area (Å²) in [4.78, 5) is 4.58. The molecular weight excluding hydrogens is 210 g/mol. The van der Waals surface area contributed by atoms with Gasteiger partial charge in [-0.3, -0.25) is 0 Å². The van der Waals surface area contributed by atoms with E-state index < -0.39 is 0 Å². The van der Waals surface area contributed by atoms with Gasteiger partial charge in [0, 0.05) is 12.4 Å². The van der Waals surface area contributed by atoms with Gasteiger partial charge in [0.15, 0.2) is 0 Å². The van der Waals surface area contributed by atoms with Gasteiger partial charge in [0.1, 0.15) is 5.65 Å². The number of pyridine rings is 1. The third-order valence-electron chi connectivity index (χ3n) is 2.85. The largest absolute Gasteiger partial charge is 0.309 e. The second-order valence-electron chi connectivity index (χ2n) is 3.93. The molecule has 0 aromatic carbocycles. The summed E-state index contributed by atoms with van der Waals surface area (Å²) in [7, 11) is 0. The van der Waals surface area contributed by atoms with Gasteiger partial charge in [0.05, 0.1) is 16.8 Å². The molecule has 0 radical (unpaired) electrons. The van der Waals surface area contributed by atoms with Crippen molar-refractivity contribution >= 4 is 17.2 Å². The van der Waals surface area contributed by atoms with E-state index in [1.807, 2.05) is 22.7 Å². The lowest BCUT2D eigenvalue weighted by molar-refractivity contribution is 0.632. The molecule has 0 amide bonds. The molecule has 1 aliphatic rings. The average molecular weight is 222 g/mol. The number of halogens is 1. The Hall–Kier alpha value is -1.06. The minimum Gasteiger partial charge on any atom is -0.309 e. The van der Waals surface area contributed by atoms with Crippen LogP contribution in [0.25, 0.3) is 5.65 Å². The Morgan fingerprint density at radius 1 is 1.40 bits per heavy atom. The predicted octanol–water partition coefficient (Wildman–Crippen LogP) is 2.41. The van der Waals surface area contributed by atoms with Crippen molar-refractivity contribution < 1.29 is 0 Å². The molecule has 0 saturated carbocycles. The van der Waals surface area contributed by atoms with Gasteiger partial charge in [0.2, 0.25) is 0 Å². The van der Waals surface area contributed by atoms with Crippen LogP contribution in [0.5, 0.6) is 0 Å². The molecule has 1 atom stereocenters. The second kappa shape index (κ2) is 3.51. The molecule has 1 fully saturated rings. The molecule has 15 heavy (non-hydrogen) atoms. The van der Waals surface area contributed by atoms with Crippen LogP contribution in [0.1, 0.15) is 24.6 Å². The molecule has 4 heteroatoms. The summed E-state index contributed by atoms with van der Waals surface area (Å²) in [5.41, 5.74) is 2.08. The molecule has 3 rings (SSSR count). The number of hydrogen-bond acceptors (Lipinski definition) is 2. The van der Waals surface area contributed by atoms with Crippen LogP contribution in [0.15, 0.2) is 24.5 Å². The fraction of sp³-hybridized carbons (Fsp3) is 0.364. The number of fused-ring (bicyclic) bond motifs is 1. The van der Waals surface area contributed by atoms with Crippen LogP contribution in [0.4, 0.5) is 0 Å². The van der Waals surface area contributed by atoms with Crippen LogP contribution in [0.3, 0.4) is 0 Å². The molecule has 1 saturated heterocycles. The quantitative estimate of drug-likeness (QED) is 0.802. The Morgan fingerprint density at radius 2 is 2.33 bits per heavy atom. The molecule has 1 unspecified atom stereocenters. The smallest absolute Gasteiger partial charge is 0.137 e. The Bertz CT molecular complexity index is 486. The zero-order valence-electron chi connectivity index (χ0n) is 8.28. The molecule has 1 N–H and O–H groups in total. The van der Waals surface area contributed by atoms with Crippen molar-refractivity contribution in [2.45, 2.75) is 18.9 Å². The highest BCUT2D eigenvalue weighted by molar-refractivity contribution is 6.30. The van der Waals surface area contributed by atoms with E-state index in [9.17, 15) is 0 Å². The van der Waals surface area contributed by atoms with Gasteiger partial charge < -0.3 is 9.72 Å². The molecule has 0 bridgehead atoms. The van der Waals surface area contributed by atoms with Crippen LogP contribution in [0, 0.1) is 0 Å². The van der Waals surface area contributed by atoms with E-state index >= 15 is 0 Å². The second-order valence-corrected chi connectivity index (χ2v) is 4.36. The normalized spacial score (nSPS) is 21.3. The maximum absolute atomic E-state index is 5.92. The first-order chi connectivity index (χ1) is 7.33. The number of aromatic nitrogens is 2. The first kappa shape index (κ1) is 9.19. The van der Waals surface area contributed by atoms with E-state index in [0.717, 1.165) is 22.9 Å². The van der Waals surface area contributed by atoms with Gasteiger partial charge in [0.25, 0.3) is 0 Å². The van der Waals surface area contributed by atoms with Crippen molar-refractivity contribution in [1.82, 2.24) is 14.7 Å². The summed E-state index contributed by atoms with van der Waals surface area (Å²) in [5.74, 6) is 0. The minimum absolute atomic E-state index is 0.420. The average Bonchev–Trinajstić information content (AvgIpc) is 2.84. The topological polar surface area (TPSA) is 29.3 Å². The van der Waals surface area contributed by atoms with Gasteiger partial charge in [-0.2, -0.15) is 0 Å². The maximum atomic E-state index is 5.92. The standard InChI is InChI=1S/C11H12ClN3/c12-8-3-4-11-14-10(7-15(11)6-8)9-2-1-5-13-9/h3-4,6-7,9,13H,1-2,5H2. The molecular formula is C11H12ClN3. The fourth-order valence-electron chi connectivity index (χ4n) is 2.09. The zero-order valence-corrected chi connectivity index (χ0v) is 9.04. The van der Waals surface area contributed by atoms with Gasteiger partial charge in [-0.05, 0) is 31.5 Å². The highest BCUT2D eigenvalue weighted by atomic mass is 35.5. The molecule has 3 nitrogen and oxygen atoms in total. The minimum atomic E-state index is 0.420. The maximum Gasteiger partial charge on any atom is 0.137 e. The monoisotopic (exact) mass is 221 g/mol. The van der Waals surface area contributed by atoms with Gasteiger partial charge in [-0.25, -0.2) is 4.98 Å². The number of nitrogens with zero attached hydrogens (tertiary/aromatic N) is 2. The Kier molecular flexibility index (Phi) is 2.15. The Balaban J connectivity index is 2.05. The van der Waals surface area contributed by atoms with E-state index in [0.29, 0.717) is 6.04 Å². The Morgan fingerprint density at radius 3 is 3.13 bits per heavy atom. The van der Waals surface area contributed by atoms with Crippen LogP contribution in [-0.4, -0.2) is 15.9 Å². The van der Waals surface area contributed by atoms with Crippen LogP contribution in [-0.2, 0) is 0 Å². The summed E-state index contributed by atoms with van der Waals surface area (Å²) in [5, 5.41) is 4.18. The van der Waals surface area contributed by atoms with Gasteiger partial charge in [-0.15, -0.1) is 0 Å². The van der Waals surface area contributed by atoms with E-state index in [1.165, 1.54) is 12.8 Å². The molecule has 2 aromatic heterocycles. The third kappa shape index (κ3) is 1.62. The van der Waals surface area contributed by atoms with E-state index in [4.69, 9.17) is 11.6 Å². The van der Waals surface area contributed by atoms with E-state index in [2.05, 4.69) is 16.5 Å². The molecule has 78 valence electrons. The lowest BCUT2D eigenvalue weighted by Gasteiger charge is -2.04. The van der Waals surface area contributed by atoms with Crippen molar-refractivity contribution in [2.24, 2.45) is 0 Å². The summed E-state index contributed by atoms with van der Waals surface area (Å²) in [6.07, 6.45) is 6.36.